The molecule has 0 bridgehead atoms. The van der Waals surface area contributed by atoms with Gasteiger partial charge in [-0.1, -0.05) is 30.3 Å². The molecule has 0 saturated carbocycles. The molecule has 1 saturated heterocycles. The van der Waals surface area contributed by atoms with Crippen LogP contribution in [-0.4, -0.2) is 56.2 Å². The Hall–Kier alpha value is -2.83. The van der Waals surface area contributed by atoms with Crippen LogP contribution in [0.1, 0.15) is 12.0 Å². The van der Waals surface area contributed by atoms with E-state index in [0.717, 1.165) is 51.1 Å². The van der Waals surface area contributed by atoms with Crippen LogP contribution >= 0.6 is 0 Å². The molecule has 3 aromatic rings. The molecule has 2 aromatic carbocycles. The van der Waals surface area contributed by atoms with Crippen LogP contribution in [0.2, 0.25) is 0 Å². The quantitative estimate of drug-likeness (QED) is 0.421. The Labute approximate surface area is 176 Å². The summed E-state index contributed by atoms with van der Waals surface area (Å²) in [7, 11) is 1.59. The Morgan fingerprint density at radius 1 is 0.933 bits per heavy atom. The SMILES string of the molecule is COc1ccc2ccc(=O)oc2c1OCCCN1CCN(Cc2ccccc2)CC1. The highest BCUT2D eigenvalue weighted by Crippen LogP contribution is 2.34. The molecule has 0 unspecified atom stereocenters. The largest absolute Gasteiger partial charge is 0.493 e. The fourth-order valence-electron chi connectivity index (χ4n) is 3.86. The van der Waals surface area contributed by atoms with Crippen LogP contribution in [0, 0.1) is 0 Å². The second-order valence-electron chi connectivity index (χ2n) is 7.58. The maximum absolute atomic E-state index is 11.6. The molecule has 6 heteroatoms. The zero-order chi connectivity index (χ0) is 20.8. The average molecular weight is 408 g/mol. The Morgan fingerprint density at radius 3 is 2.43 bits per heavy atom. The van der Waals surface area contributed by atoms with Crippen LogP contribution < -0.4 is 15.1 Å². The minimum atomic E-state index is -0.394. The second-order valence-corrected chi connectivity index (χ2v) is 7.58. The summed E-state index contributed by atoms with van der Waals surface area (Å²) in [4.78, 5) is 16.6. The van der Waals surface area contributed by atoms with Crippen LogP contribution in [0.25, 0.3) is 11.0 Å². The lowest BCUT2D eigenvalue weighted by Gasteiger charge is -2.34. The maximum atomic E-state index is 11.6. The van der Waals surface area contributed by atoms with Gasteiger partial charge < -0.3 is 18.8 Å². The van der Waals surface area contributed by atoms with Gasteiger partial charge in [0.05, 0.1) is 13.7 Å². The Morgan fingerprint density at radius 2 is 1.67 bits per heavy atom. The molecule has 4 rings (SSSR count). The van der Waals surface area contributed by atoms with Gasteiger partial charge in [-0.2, -0.15) is 0 Å². The monoisotopic (exact) mass is 408 g/mol. The molecule has 1 fully saturated rings. The van der Waals surface area contributed by atoms with E-state index in [1.54, 1.807) is 13.2 Å². The summed E-state index contributed by atoms with van der Waals surface area (Å²) in [6, 6.07) is 17.5. The van der Waals surface area contributed by atoms with E-state index in [2.05, 4.69) is 40.1 Å². The molecule has 0 radical (unpaired) electrons. The van der Waals surface area contributed by atoms with Gasteiger partial charge in [0.1, 0.15) is 0 Å². The fourth-order valence-corrected chi connectivity index (χ4v) is 3.86. The smallest absolute Gasteiger partial charge is 0.336 e. The number of nitrogens with zero attached hydrogens (tertiary/aromatic N) is 2. The summed E-state index contributed by atoms with van der Waals surface area (Å²) < 4.78 is 16.8. The number of fused-ring (bicyclic) bond motifs is 1. The van der Waals surface area contributed by atoms with Gasteiger partial charge in [-0.05, 0) is 30.2 Å². The molecule has 1 aliphatic heterocycles. The first-order valence-corrected chi connectivity index (χ1v) is 10.5. The third-order valence-electron chi connectivity index (χ3n) is 5.51. The van der Waals surface area contributed by atoms with Crippen molar-refractivity contribution in [1.82, 2.24) is 9.80 Å². The van der Waals surface area contributed by atoms with Crippen LogP contribution in [0.4, 0.5) is 0 Å². The van der Waals surface area contributed by atoms with Crippen LogP contribution in [0.15, 0.2) is 63.8 Å². The molecule has 0 spiro atoms. The summed E-state index contributed by atoms with van der Waals surface area (Å²) in [5.74, 6) is 1.08. The van der Waals surface area contributed by atoms with Crippen LogP contribution in [0.3, 0.4) is 0 Å². The Kier molecular flexibility index (Phi) is 6.67. The number of methoxy groups -OCH3 is 1. The Balaban J connectivity index is 1.26. The minimum Gasteiger partial charge on any atom is -0.493 e. The molecule has 6 nitrogen and oxygen atoms in total. The molecule has 30 heavy (non-hydrogen) atoms. The molecule has 0 amide bonds. The molecule has 0 aliphatic carbocycles. The van der Waals surface area contributed by atoms with Gasteiger partial charge in [-0.15, -0.1) is 0 Å². The Bertz CT molecular complexity index is 1010. The van der Waals surface area contributed by atoms with E-state index in [9.17, 15) is 4.79 Å². The van der Waals surface area contributed by atoms with Crippen LogP contribution in [0.5, 0.6) is 11.5 Å². The first-order chi connectivity index (χ1) is 14.7. The minimum absolute atomic E-state index is 0.394. The van der Waals surface area contributed by atoms with Gasteiger partial charge in [0.2, 0.25) is 5.75 Å². The van der Waals surface area contributed by atoms with Crippen molar-refractivity contribution >= 4 is 11.0 Å². The number of piperazine rings is 1. The summed E-state index contributed by atoms with van der Waals surface area (Å²) in [5, 5.41) is 0.819. The molecule has 0 N–H and O–H groups in total. The first-order valence-electron chi connectivity index (χ1n) is 10.5. The lowest BCUT2D eigenvalue weighted by atomic mass is 10.2. The van der Waals surface area contributed by atoms with Crippen molar-refractivity contribution in [3.63, 3.8) is 0 Å². The van der Waals surface area contributed by atoms with Gasteiger partial charge in [0.25, 0.3) is 0 Å². The van der Waals surface area contributed by atoms with Crippen molar-refractivity contribution in [3.8, 4) is 11.5 Å². The number of ether oxygens (including phenoxy) is 2. The third kappa shape index (κ3) is 5.01. The third-order valence-corrected chi connectivity index (χ3v) is 5.51. The molecule has 2 heterocycles. The van der Waals surface area contributed by atoms with Gasteiger partial charge in [-0.3, -0.25) is 4.90 Å². The maximum Gasteiger partial charge on any atom is 0.336 e. The normalized spacial score (nSPS) is 15.4. The zero-order valence-corrected chi connectivity index (χ0v) is 17.4. The van der Waals surface area contributed by atoms with E-state index in [1.807, 2.05) is 12.1 Å². The van der Waals surface area contributed by atoms with Crippen molar-refractivity contribution in [2.45, 2.75) is 13.0 Å². The van der Waals surface area contributed by atoms with Crippen LogP contribution in [-0.2, 0) is 6.54 Å². The molecule has 158 valence electrons. The van der Waals surface area contributed by atoms with Gasteiger partial charge in [-0.25, -0.2) is 4.79 Å². The van der Waals surface area contributed by atoms with E-state index in [0.29, 0.717) is 23.7 Å². The summed E-state index contributed by atoms with van der Waals surface area (Å²) in [6.07, 6.45) is 0.898. The standard InChI is InChI=1S/C24H28N2O4/c1-28-21-10-8-20-9-11-22(27)30-23(20)24(21)29-17-5-12-25-13-15-26(16-14-25)18-19-6-3-2-4-7-19/h2-4,6-11H,5,12-18H2,1H3. The van der Waals surface area contributed by atoms with E-state index in [1.165, 1.54) is 11.6 Å². The van der Waals surface area contributed by atoms with Gasteiger partial charge in [0, 0.05) is 50.7 Å². The van der Waals surface area contributed by atoms with Gasteiger partial charge in [0.15, 0.2) is 11.3 Å². The zero-order valence-electron chi connectivity index (χ0n) is 17.4. The molecule has 0 atom stereocenters. The summed E-state index contributed by atoms with van der Waals surface area (Å²) in [5.41, 5.74) is 1.42. The average Bonchev–Trinajstić information content (AvgIpc) is 2.78. The van der Waals surface area contributed by atoms with E-state index in [-0.39, 0.29) is 0 Å². The predicted octanol–water partition coefficient (Wildman–Crippen LogP) is 3.39. The van der Waals surface area contributed by atoms with Crippen molar-refractivity contribution in [1.29, 1.82) is 0 Å². The van der Waals surface area contributed by atoms with Crippen molar-refractivity contribution < 1.29 is 13.9 Å². The highest BCUT2D eigenvalue weighted by molar-refractivity contribution is 5.85. The number of hydrogen-bond acceptors (Lipinski definition) is 6. The number of rotatable bonds is 8. The van der Waals surface area contributed by atoms with E-state index >= 15 is 0 Å². The molecule has 1 aromatic heterocycles. The second kappa shape index (κ2) is 9.78. The van der Waals surface area contributed by atoms with Crippen molar-refractivity contribution in [2.75, 3.05) is 46.4 Å². The number of hydrogen-bond donors (Lipinski definition) is 0. The van der Waals surface area contributed by atoms with E-state index in [4.69, 9.17) is 13.9 Å². The predicted molar refractivity (Wildman–Crippen MR) is 117 cm³/mol. The fraction of sp³-hybridized carbons (Fsp3) is 0.375. The highest BCUT2D eigenvalue weighted by atomic mass is 16.5. The summed E-state index contributed by atoms with van der Waals surface area (Å²) >= 11 is 0. The first kappa shape index (κ1) is 20.4. The lowest BCUT2D eigenvalue weighted by Crippen LogP contribution is -2.46. The topological polar surface area (TPSA) is 55.2 Å². The number of benzene rings is 2. The van der Waals surface area contributed by atoms with Crippen molar-refractivity contribution in [2.24, 2.45) is 0 Å². The molecular weight excluding hydrogens is 380 g/mol. The lowest BCUT2D eigenvalue weighted by molar-refractivity contribution is 0.121. The van der Waals surface area contributed by atoms with Gasteiger partial charge >= 0.3 is 5.63 Å². The van der Waals surface area contributed by atoms with Crippen molar-refractivity contribution in [3.05, 3.63) is 70.6 Å². The molecular formula is C24H28N2O4. The highest BCUT2D eigenvalue weighted by Gasteiger charge is 2.17. The van der Waals surface area contributed by atoms with E-state index < -0.39 is 5.63 Å². The molecule has 1 aliphatic rings. The summed E-state index contributed by atoms with van der Waals surface area (Å²) in [6.45, 7) is 6.84.